The van der Waals surface area contributed by atoms with Crippen molar-refractivity contribution in [1.29, 1.82) is 0 Å². The maximum Gasteiger partial charge on any atom is 0.248 e. The van der Waals surface area contributed by atoms with Gasteiger partial charge in [-0.3, -0.25) is 0 Å². The summed E-state index contributed by atoms with van der Waals surface area (Å²) in [7, 11) is 0. The Hall–Kier alpha value is 0.340. The van der Waals surface area contributed by atoms with E-state index in [9.17, 15) is 8.78 Å². The average molecular weight is 215 g/mol. The fourth-order valence-corrected chi connectivity index (χ4v) is 0.938. The molecule has 0 aromatic rings. The lowest BCUT2D eigenvalue weighted by Gasteiger charge is -2.16. The Morgan fingerprint density at radius 3 is 2.30 bits per heavy atom. The van der Waals surface area contributed by atoms with Crippen LogP contribution in [-0.4, -0.2) is 11.3 Å². The highest BCUT2D eigenvalue weighted by molar-refractivity contribution is 9.09. The molecule has 0 saturated carbocycles. The molecule has 0 radical (unpaired) electrons. The molecule has 3 heteroatoms. The van der Waals surface area contributed by atoms with Gasteiger partial charge in [0.2, 0.25) is 5.92 Å². The zero-order valence-electron chi connectivity index (χ0n) is 6.33. The van der Waals surface area contributed by atoms with E-state index in [2.05, 4.69) is 15.9 Å². The van der Waals surface area contributed by atoms with Crippen molar-refractivity contribution in [3.8, 4) is 0 Å². The van der Waals surface area contributed by atoms with Gasteiger partial charge in [-0.25, -0.2) is 8.78 Å². The third-order valence-electron chi connectivity index (χ3n) is 1.43. The Bertz CT molecular complexity index is 93.6. The van der Waals surface area contributed by atoms with Gasteiger partial charge in [-0.05, 0) is 5.92 Å². The van der Waals surface area contributed by atoms with Gasteiger partial charge < -0.3 is 0 Å². The van der Waals surface area contributed by atoms with Gasteiger partial charge in [0.15, 0.2) is 0 Å². The summed E-state index contributed by atoms with van der Waals surface area (Å²) >= 11 is 3.16. The van der Waals surface area contributed by atoms with Crippen LogP contribution in [0.25, 0.3) is 0 Å². The first-order valence-electron chi connectivity index (χ1n) is 3.45. The van der Waals surface area contributed by atoms with E-state index < -0.39 is 5.92 Å². The van der Waals surface area contributed by atoms with Crippen LogP contribution < -0.4 is 0 Å². The smallest absolute Gasteiger partial charge is 0.207 e. The summed E-state index contributed by atoms with van der Waals surface area (Å²) < 4.78 is 25.1. The summed E-state index contributed by atoms with van der Waals surface area (Å²) in [5, 5.41) is 0.655. The van der Waals surface area contributed by atoms with E-state index in [1.54, 1.807) is 0 Å². The molecule has 0 bridgehead atoms. The molecule has 62 valence electrons. The maximum atomic E-state index is 12.6. The summed E-state index contributed by atoms with van der Waals surface area (Å²) in [6, 6.07) is 0. The molecular formula is C7H13BrF2. The maximum absolute atomic E-state index is 12.6. The molecule has 0 aromatic heterocycles. The van der Waals surface area contributed by atoms with Gasteiger partial charge >= 0.3 is 0 Å². The fraction of sp³-hybridized carbons (Fsp3) is 1.00. The van der Waals surface area contributed by atoms with E-state index in [0.717, 1.165) is 0 Å². The first-order chi connectivity index (χ1) is 4.52. The lowest BCUT2D eigenvalue weighted by Crippen LogP contribution is -2.18. The summed E-state index contributed by atoms with van der Waals surface area (Å²) in [4.78, 5) is 0. The van der Waals surface area contributed by atoms with Crippen LogP contribution in [0.2, 0.25) is 0 Å². The summed E-state index contributed by atoms with van der Waals surface area (Å²) in [5.74, 6) is -2.40. The van der Waals surface area contributed by atoms with Gasteiger partial charge in [0, 0.05) is 18.2 Å². The predicted molar refractivity (Wildman–Crippen MR) is 42.8 cm³/mol. The predicted octanol–water partition coefficient (Wildman–Crippen LogP) is 3.45. The molecule has 0 aliphatic rings. The second kappa shape index (κ2) is 4.27. The number of rotatable bonds is 4. The highest BCUT2D eigenvalue weighted by Gasteiger charge is 2.27. The van der Waals surface area contributed by atoms with Crippen LogP contribution in [0.4, 0.5) is 8.78 Å². The van der Waals surface area contributed by atoms with Crippen LogP contribution >= 0.6 is 15.9 Å². The Balaban J connectivity index is 3.64. The molecule has 0 aliphatic carbocycles. The summed E-state index contributed by atoms with van der Waals surface area (Å²) in [6.07, 6.45) is -0.0565. The molecular weight excluding hydrogens is 202 g/mol. The van der Waals surface area contributed by atoms with Crippen molar-refractivity contribution in [3.63, 3.8) is 0 Å². The molecule has 1 unspecified atom stereocenters. The highest BCUT2D eigenvalue weighted by Crippen LogP contribution is 2.27. The molecule has 1 atom stereocenters. The highest BCUT2D eigenvalue weighted by atomic mass is 79.9. The van der Waals surface area contributed by atoms with Gasteiger partial charge in [0.1, 0.15) is 0 Å². The average Bonchev–Trinajstić information content (AvgIpc) is 1.87. The van der Waals surface area contributed by atoms with Crippen molar-refractivity contribution < 1.29 is 8.78 Å². The van der Waals surface area contributed by atoms with Crippen molar-refractivity contribution >= 4 is 15.9 Å². The van der Waals surface area contributed by atoms with Crippen molar-refractivity contribution in [2.45, 2.75) is 32.6 Å². The third-order valence-corrected chi connectivity index (χ3v) is 2.53. The summed E-state index contributed by atoms with van der Waals surface area (Å²) in [6.45, 7) is 3.33. The normalized spacial score (nSPS) is 15.3. The molecule has 0 N–H and O–H groups in total. The zero-order chi connectivity index (χ0) is 8.20. The Labute approximate surface area is 69.1 Å². The van der Waals surface area contributed by atoms with Crippen LogP contribution in [0.5, 0.6) is 0 Å². The first kappa shape index (κ1) is 10.3. The van der Waals surface area contributed by atoms with E-state index in [1.807, 2.05) is 6.92 Å². The van der Waals surface area contributed by atoms with Gasteiger partial charge in [0.25, 0.3) is 0 Å². The van der Waals surface area contributed by atoms with Crippen LogP contribution in [0, 0.1) is 5.92 Å². The summed E-state index contributed by atoms with van der Waals surface area (Å²) in [5.41, 5.74) is 0. The first-order valence-corrected chi connectivity index (χ1v) is 4.57. The molecule has 0 aromatic carbocycles. The van der Waals surface area contributed by atoms with Crippen molar-refractivity contribution in [2.24, 2.45) is 5.92 Å². The molecule has 0 rings (SSSR count). The van der Waals surface area contributed by atoms with Gasteiger partial charge in [0.05, 0.1) is 0 Å². The number of alkyl halides is 3. The van der Waals surface area contributed by atoms with Gasteiger partial charge in [-0.2, -0.15) is 0 Å². The van der Waals surface area contributed by atoms with E-state index >= 15 is 0 Å². The SMILES string of the molecule is CCC(F)(F)CC(C)CBr. The Kier molecular flexibility index (Phi) is 4.41. The van der Waals surface area contributed by atoms with Crippen molar-refractivity contribution in [3.05, 3.63) is 0 Å². The Morgan fingerprint density at radius 1 is 1.50 bits per heavy atom. The van der Waals surface area contributed by atoms with Crippen LogP contribution in [0.3, 0.4) is 0 Å². The van der Waals surface area contributed by atoms with Crippen molar-refractivity contribution in [1.82, 2.24) is 0 Å². The van der Waals surface area contributed by atoms with Crippen molar-refractivity contribution in [2.75, 3.05) is 5.33 Å². The fourth-order valence-electron chi connectivity index (χ4n) is 0.709. The molecule has 0 aliphatic heterocycles. The minimum Gasteiger partial charge on any atom is -0.207 e. The van der Waals surface area contributed by atoms with Crippen LogP contribution in [0.15, 0.2) is 0 Å². The lowest BCUT2D eigenvalue weighted by molar-refractivity contribution is -0.0218. The quantitative estimate of drug-likeness (QED) is 0.630. The van der Waals surface area contributed by atoms with Gasteiger partial charge in [-0.15, -0.1) is 0 Å². The number of halogens is 3. The molecule has 0 nitrogen and oxygen atoms in total. The largest absolute Gasteiger partial charge is 0.248 e. The van der Waals surface area contributed by atoms with Gasteiger partial charge in [-0.1, -0.05) is 29.8 Å². The zero-order valence-corrected chi connectivity index (χ0v) is 7.92. The van der Waals surface area contributed by atoms with E-state index in [1.165, 1.54) is 6.92 Å². The topological polar surface area (TPSA) is 0 Å². The number of hydrogen-bond donors (Lipinski definition) is 0. The minimum absolute atomic E-state index is 0.00521. The molecule has 0 fully saturated rings. The molecule has 0 heterocycles. The van der Waals surface area contributed by atoms with Crippen LogP contribution in [0.1, 0.15) is 26.7 Å². The number of hydrogen-bond acceptors (Lipinski definition) is 0. The monoisotopic (exact) mass is 214 g/mol. The molecule has 0 saturated heterocycles. The molecule has 0 spiro atoms. The molecule has 10 heavy (non-hydrogen) atoms. The van der Waals surface area contributed by atoms with E-state index in [0.29, 0.717) is 5.33 Å². The molecule has 0 amide bonds. The second-order valence-electron chi connectivity index (χ2n) is 2.67. The minimum atomic E-state index is -2.47. The second-order valence-corrected chi connectivity index (χ2v) is 3.32. The third kappa shape index (κ3) is 4.20. The Morgan fingerprint density at radius 2 is 2.00 bits per heavy atom. The van der Waals surface area contributed by atoms with E-state index in [4.69, 9.17) is 0 Å². The van der Waals surface area contributed by atoms with E-state index in [-0.39, 0.29) is 18.8 Å². The standard InChI is InChI=1S/C7H13BrF2/c1-3-7(9,10)4-6(2)5-8/h6H,3-5H2,1-2H3. The van der Waals surface area contributed by atoms with Crippen LogP contribution in [-0.2, 0) is 0 Å². The lowest BCUT2D eigenvalue weighted by atomic mass is 10.0.